The van der Waals surface area contributed by atoms with Gasteiger partial charge >= 0.3 is 12.0 Å². The Hall–Kier alpha value is -4.94. The molecule has 0 unspecified atom stereocenters. The predicted octanol–water partition coefficient (Wildman–Crippen LogP) is 3.80. The van der Waals surface area contributed by atoms with Gasteiger partial charge in [-0.3, -0.25) is 19.3 Å². The molecule has 1 aliphatic rings. The van der Waals surface area contributed by atoms with Crippen LogP contribution in [0.15, 0.2) is 66.7 Å². The zero-order valence-electron chi connectivity index (χ0n) is 26.7. The van der Waals surface area contributed by atoms with Crippen molar-refractivity contribution >= 4 is 40.9 Å². The molecule has 4 rings (SSSR count). The third-order valence-corrected chi connectivity index (χ3v) is 7.77. The Labute approximate surface area is 269 Å². The van der Waals surface area contributed by atoms with Crippen molar-refractivity contribution in [1.29, 1.82) is 0 Å². The molecular formula is C34H42N6O6. The summed E-state index contributed by atoms with van der Waals surface area (Å²) in [4.78, 5) is 54.7. The summed E-state index contributed by atoms with van der Waals surface area (Å²) in [5.41, 5.74) is 4.07. The number of ether oxygens (including phenoxy) is 2. The maximum Gasteiger partial charge on any atom is 0.323 e. The molecule has 1 fully saturated rings. The lowest BCUT2D eigenvalue weighted by molar-refractivity contribution is -0.141. The van der Waals surface area contributed by atoms with Crippen molar-refractivity contribution in [3.63, 3.8) is 0 Å². The van der Waals surface area contributed by atoms with E-state index in [2.05, 4.69) is 38.1 Å². The van der Waals surface area contributed by atoms with Crippen molar-refractivity contribution in [3.05, 3.63) is 83.4 Å². The smallest absolute Gasteiger partial charge is 0.323 e. The summed E-state index contributed by atoms with van der Waals surface area (Å²) in [6.45, 7) is 5.56. The summed E-state index contributed by atoms with van der Waals surface area (Å²) in [7, 11) is 4.86. The van der Waals surface area contributed by atoms with Crippen molar-refractivity contribution in [1.82, 2.24) is 15.1 Å². The number of anilines is 3. The maximum atomic E-state index is 12.9. The molecule has 0 aromatic heterocycles. The Balaban J connectivity index is 1.33. The van der Waals surface area contributed by atoms with Crippen LogP contribution in [0.4, 0.5) is 21.9 Å². The molecule has 3 aromatic carbocycles. The SMILES string of the molecule is COC(=O)C[C@@H](NC(=O)CN1CCN(C)CC1)c1ccc(NC(=O)Cc2ccc(NC(=O)Nc3ccccc3C)c(OC)c2)cc1. The second-order valence-corrected chi connectivity index (χ2v) is 11.3. The number of hydrogen-bond acceptors (Lipinski definition) is 8. The lowest BCUT2D eigenvalue weighted by Crippen LogP contribution is -2.48. The van der Waals surface area contributed by atoms with Crippen molar-refractivity contribution in [2.45, 2.75) is 25.8 Å². The number of para-hydroxylation sites is 1. The molecule has 0 spiro atoms. The lowest BCUT2D eigenvalue weighted by atomic mass is 10.0. The number of methoxy groups -OCH3 is 2. The van der Waals surface area contributed by atoms with Crippen LogP contribution in [-0.2, 0) is 25.5 Å². The number of hydrogen-bond donors (Lipinski definition) is 4. The van der Waals surface area contributed by atoms with Gasteiger partial charge in [0.1, 0.15) is 5.75 Å². The second-order valence-electron chi connectivity index (χ2n) is 11.3. The van der Waals surface area contributed by atoms with Crippen molar-refractivity contribution in [2.75, 3.05) is 69.9 Å². The van der Waals surface area contributed by atoms with Crippen LogP contribution in [0, 0.1) is 6.92 Å². The second kappa shape index (κ2) is 16.4. The van der Waals surface area contributed by atoms with Crippen LogP contribution >= 0.6 is 0 Å². The molecule has 244 valence electrons. The summed E-state index contributed by atoms with van der Waals surface area (Å²) < 4.78 is 10.3. The van der Waals surface area contributed by atoms with E-state index in [9.17, 15) is 19.2 Å². The van der Waals surface area contributed by atoms with Gasteiger partial charge in [0.2, 0.25) is 11.8 Å². The average molecular weight is 631 g/mol. The minimum Gasteiger partial charge on any atom is -0.495 e. The number of aryl methyl sites for hydroxylation is 1. The number of piperazine rings is 1. The van der Waals surface area contributed by atoms with E-state index in [-0.39, 0.29) is 31.2 Å². The topological polar surface area (TPSA) is 141 Å². The minimum absolute atomic E-state index is 0.0169. The summed E-state index contributed by atoms with van der Waals surface area (Å²) in [5.74, 6) is -0.439. The fourth-order valence-corrected chi connectivity index (χ4v) is 5.08. The maximum absolute atomic E-state index is 12.9. The number of nitrogens with one attached hydrogen (secondary N) is 4. The number of rotatable bonds is 12. The zero-order chi connectivity index (χ0) is 33.1. The summed E-state index contributed by atoms with van der Waals surface area (Å²) in [5, 5.41) is 11.4. The first-order valence-electron chi connectivity index (χ1n) is 15.1. The minimum atomic E-state index is -0.574. The molecule has 3 aromatic rings. The van der Waals surface area contributed by atoms with Gasteiger partial charge < -0.3 is 35.6 Å². The summed E-state index contributed by atoms with van der Waals surface area (Å²) in [6.07, 6.45) is 0.0536. The molecule has 0 bridgehead atoms. The molecule has 0 saturated carbocycles. The number of amides is 4. The van der Waals surface area contributed by atoms with Crippen molar-refractivity contribution in [2.24, 2.45) is 0 Å². The molecule has 12 heteroatoms. The van der Waals surface area contributed by atoms with E-state index in [1.807, 2.05) is 31.2 Å². The number of urea groups is 1. The normalized spacial score (nSPS) is 14.1. The van der Waals surface area contributed by atoms with E-state index in [0.29, 0.717) is 28.4 Å². The quantitative estimate of drug-likeness (QED) is 0.222. The first-order chi connectivity index (χ1) is 22.1. The molecule has 4 N–H and O–H groups in total. The highest BCUT2D eigenvalue weighted by molar-refractivity contribution is 6.01. The Morgan fingerprint density at radius 2 is 1.52 bits per heavy atom. The Kier molecular flexibility index (Phi) is 12.1. The van der Waals surface area contributed by atoms with Gasteiger partial charge in [-0.2, -0.15) is 0 Å². The fraction of sp³-hybridized carbons (Fsp3) is 0.353. The number of likely N-dealkylation sites (N-methyl/N-ethyl adjacent to an activating group) is 1. The van der Waals surface area contributed by atoms with E-state index in [0.717, 1.165) is 37.3 Å². The third-order valence-electron chi connectivity index (χ3n) is 7.77. The van der Waals surface area contributed by atoms with E-state index in [1.54, 1.807) is 42.5 Å². The van der Waals surface area contributed by atoms with E-state index >= 15 is 0 Å². The summed E-state index contributed by atoms with van der Waals surface area (Å²) in [6, 6.07) is 18.6. The highest BCUT2D eigenvalue weighted by atomic mass is 16.5. The van der Waals surface area contributed by atoms with Gasteiger partial charge in [0.05, 0.1) is 45.3 Å². The highest BCUT2D eigenvalue weighted by Crippen LogP contribution is 2.27. The summed E-state index contributed by atoms with van der Waals surface area (Å²) >= 11 is 0. The first kappa shape index (κ1) is 33.9. The largest absolute Gasteiger partial charge is 0.495 e. The number of nitrogens with zero attached hydrogens (tertiary/aromatic N) is 2. The van der Waals surface area contributed by atoms with Gasteiger partial charge in [-0.15, -0.1) is 0 Å². The molecule has 1 saturated heterocycles. The van der Waals surface area contributed by atoms with Gasteiger partial charge in [-0.1, -0.05) is 36.4 Å². The van der Waals surface area contributed by atoms with Gasteiger partial charge in [0.15, 0.2) is 0 Å². The van der Waals surface area contributed by atoms with Crippen LogP contribution in [0.1, 0.15) is 29.2 Å². The standard InChI is InChI=1S/C34H42N6O6/c1-23-7-5-6-8-27(23)37-34(44)38-28-14-9-24(19-30(28)45-3)20-31(41)35-26-12-10-25(11-13-26)29(21-33(43)46-4)36-32(42)22-40-17-15-39(2)16-18-40/h5-14,19,29H,15-18,20-22H2,1-4H3,(H,35,41)(H,36,42)(H2,37,38,44)/t29-/m1/s1. The molecule has 12 nitrogen and oxygen atoms in total. The van der Waals surface area contributed by atoms with Crippen LogP contribution in [0.25, 0.3) is 0 Å². The Morgan fingerprint density at radius 3 is 2.20 bits per heavy atom. The molecule has 46 heavy (non-hydrogen) atoms. The van der Waals surface area contributed by atoms with Crippen LogP contribution in [0.5, 0.6) is 5.75 Å². The molecule has 0 aliphatic carbocycles. The van der Waals surface area contributed by atoms with Gasteiger partial charge in [0, 0.05) is 37.6 Å². The third kappa shape index (κ3) is 10.0. The number of carbonyl (C=O) groups is 4. The molecule has 1 heterocycles. The Morgan fingerprint density at radius 1 is 0.826 bits per heavy atom. The van der Waals surface area contributed by atoms with Gasteiger partial charge in [-0.25, -0.2) is 4.79 Å². The number of esters is 1. The van der Waals surface area contributed by atoms with E-state index in [4.69, 9.17) is 9.47 Å². The molecule has 0 radical (unpaired) electrons. The molecule has 4 amide bonds. The van der Waals surface area contributed by atoms with E-state index in [1.165, 1.54) is 14.2 Å². The fourth-order valence-electron chi connectivity index (χ4n) is 5.08. The lowest BCUT2D eigenvalue weighted by Gasteiger charge is -2.32. The zero-order valence-corrected chi connectivity index (χ0v) is 26.7. The Bertz CT molecular complexity index is 1520. The number of benzene rings is 3. The average Bonchev–Trinajstić information content (AvgIpc) is 3.04. The van der Waals surface area contributed by atoms with Crippen LogP contribution < -0.4 is 26.0 Å². The molecular weight excluding hydrogens is 588 g/mol. The van der Waals surface area contributed by atoms with Crippen LogP contribution in [0.3, 0.4) is 0 Å². The van der Waals surface area contributed by atoms with Crippen molar-refractivity contribution in [3.8, 4) is 5.75 Å². The van der Waals surface area contributed by atoms with Crippen molar-refractivity contribution < 1.29 is 28.7 Å². The van der Waals surface area contributed by atoms with Crippen LogP contribution in [-0.4, -0.2) is 87.6 Å². The van der Waals surface area contributed by atoms with Gasteiger partial charge in [0.25, 0.3) is 0 Å². The predicted molar refractivity (Wildman–Crippen MR) is 177 cm³/mol. The van der Waals surface area contributed by atoms with Crippen LogP contribution in [0.2, 0.25) is 0 Å². The molecule has 1 atom stereocenters. The monoisotopic (exact) mass is 630 g/mol. The first-order valence-corrected chi connectivity index (χ1v) is 15.1. The van der Waals surface area contributed by atoms with Gasteiger partial charge in [-0.05, 0) is 61.0 Å². The molecule has 1 aliphatic heterocycles. The van der Waals surface area contributed by atoms with E-state index < -0.39 is 18.0 Å². The number of carbonyl (C=O) groups excluding carboxylic acids is 4. The highest BCUT2D eigenvalue weighted by Gasteiger charge is 2.22.